The zero-order valence-corrected chi connectivity index (χ0v) is 12.1. The van der Waals surface area contributed by atoms with Crippen LogP contribution in [0.4, 0.5) is 5.69 Å². The molecule has 1 atom stereocenters. The first-order valence-electron chi connectivity index (χ1n) is 6.43. The molecular formula is C13H20N2O3S. The van der Waals surface area contributed by atoms with E-state index in [-0.39, 0.29) is 12.6 Å². The first-order valence-corrected chi connectivity index (χ1v) is 7.94. The minimum absolute atomic E-state index is 0.1000. The third-order valence-corrected chi connectivity index (χ3v) is 5.42. The molecule has 1 aromatic carbocycles. The molecule has 2 rings (SSSR count). The van der Waals surface area contributed by atoms with Crippen LogP contribution >= 0.6 is 0 Å². The third kappa shape index (κ3) is 2.84. The Hall–Kier alpha value is -1.27. The molecule has 1 aromatic rings. The quantitative estimate of drug-likeness (QED) is 0.905. The predicted molar refractivity (Wildman–Crippen MR) is 75.9 cm³/mol. The highest BCUT2D eigenvalue weighted by Gasteiger charge is 2.37. The molecule has 1 aliphatic heterocycles. The van der Waals surface area contributed by atoms with Crippen LogP contribution in [0.3, 0.4) is 0 Å². The van der Waals surface area contributed by atoms with Crippen LogP contribution in [-0.4, -0.2) is 32.9 Å². The van der Waals surface area contributed by atoms with Gasteiger partial charge in [-0.3, -0.25) is 4.31 Å². The van der Waals surface area contributed by atoms with E-state index in [1.165, 1.54) is 4.31 Å². The van der Waals surface area contributed by atoms with Gasteiger partial charge >= 0.3 is 0 Å². The van der Waals surface area contributed by atoms with Crippen molar-refractivity contribution in [2.45, 2.75) is 31.6 Å². The van der Waals surface area contributed by atoms with Gasteiger partial charge in [0.05, 0.1) is 17.0 Å². The predicted octanol–water partition coefficient (Wildman–Crippen LogP) is 1.34. The molecule has 2 N–H and O–H groups in total. The average Bonchev–Trinajstić information content (AvgIpc) is 2.64. The summed E-state index contributed by atoms with van der Waals surface area (Å²) < 4.78 is 31.4. The molecule has 1 fully saturated rings. The Balaban J connectivity index is 2.19. The lowest BCUT2D eigenvalue weighted by Crippen LogP contribution is -2.33. The van der Waals surface area contributed by atoms with Crippen LogP contribution in [0.5, 0.6) is 5.75 Å². The molecule has 0 aliphatic carbocycles. The summed E-state index contributed by atoms with van der Waals surface area (Å²) in [6.07, 6.45) is 0.686. The highest BCUT2D eigenvalue weighted by atomic mass is 32.2. The topological polar surface area (TPSA) is 72.6 Å². The lowest BCUT2D eigenvalue weighted by molar-refractivity contribution is 0.242. The maximum atomic E-state index is 12.2. The van der Waals surface area contributed by atoms with Crippen LogP contribution in [0.25, 0.3) is 0 Å². The maximum Gasteiger partial charge on any atom is 0.239 e. The SMILES string of the molecule is CC(C)Oc1ccc(N2CC[C@@H](CN)S2(=O)=O)cc1. The Kier molecular flexibility index (Phi) is 4.01. The van der Waals surface area contributed by atoms with Gasteiger partial charge in [-0.05, 0) is 44.5 Å². The molecule has 5 nitrogen and oxygen atoms in total. The summed E-state index contributed by atoms with van der Waals surface area (Å²) in [4.78, 5) is 0. The number of hydrogen-bond acceptors (Lipinski definition) is 4. The van der Waals surface area contributed by atoms with Crippen molar-refractivity contribution in [3.8, 4) is 5.75 Å². The van der Waals surface area contributed by atoms with Gasteiger partial charge < -0.3 is 10.5 Å². The zero-order chi connectivity index (χ0) is 14.0. The molecular weight excluding hydrogens is 264 g/mol. The van der Waals surface area contributed by atoms with Crippen molar-refractivity contribution in [1.29, 1.82) is 0 Å². The van der Waals surface area contributed by atoms with E-state index in [1.807, 2.05) is 13.8 Å². The molecule has 0 saturated carbocycles. The molecule has 0 unspecified atom stereocenters. The number of hydrogen-bond donors (Lipinski definition) is 1. The monoisotopic (exact) mass is 284 g/mol. The standard InChI is InChI=1S/C13H20N2O3S/c1-10(2)18-12-5-3-11(4-6-12)15-8-7-13(9-14)19(15,16)17/h3-6,10,13H,7-9,14H2,1-2H3/t13-/m0/s1. The number of rotatable bonds is 4. The Bertz CT molecular complexity index is 525. The van der Waals surface area contributed by atoms with Crippen LogP contribution in [0.2, 0.25) is 0 Å². The molecule has 0 bridgehead atoms. The zero-order valence-electron chi connectivity index (χ0n) is 11.2. The first kappa shape index (κ1) is 14.1. The van der Waals surface area contributed by atoms with Crippen LogP contribution in [0.15, 0.2) is 24.3 Å². The van der Waals surface area contributed by atoms with Gasteiger partial charge in [0.2, 0.25) is 10.0 Å². The summed E-state index contributed by atoms with van der Waals surface area (Å²) in [7, 11) is -3.30. The van der Waals surface area contributed by atoms with E-state index in [2.05, 4.69) is 0 Å². The second-order valence-corrected chi connectivity index (χ2v) is 7.06. The number of ether oxygens (including phenoxy) is 1. The minimum Gasteiger partial charge on any atom is -0.491 e. The summed E-state index contributed by atoms with van der Waals surface area (Å²) in [5.74, 6) is 0.741. The van der Waals surface area contributed by atoms with E-state index in [9.17, 15) is 8.42 Å². The number of sulfonamides is 1. The number of nitrogens with two attached hydrogens (primary N) is 1. The Morgan fingerprint density at radius 1 is 1.37 bits per heavy atom. The molecule has 19 heavy (non-hydrogen) atoms. The molecule has 0 spiro atoms. The fraction of sp³-hybridized carbons (Fsp3) is 0.538. The van der Waals surface area contributed by atoms with Crippen molar-refractivity contribution in [2.24, 2.45) is 5.73 Å². The van der Waals surface area contributed by atoms with Gasteiger partial charge in [-0.2, -0.15) is 0 Å². The van der Waals surface area contributed by atoms with Crippen LogP contribution in [0, 0.1) is 0 Å². The molecule has 1 heterocycles. The molecule has 6 heteroatoms. The van der Waals surface area contributed by atoms with Gasteiger partial charge in [-0.15, -0.1) is 0 Å². The second-order valence-electron chi connectivity index (χ2n) is 4.92. The fourth-order valence-electron chi connectivity index (χ4n) is 2.20. The van der Waals surface area contributed by atoms with E-state index in [4.69, 9.17) is 10.5 Å². The van der Waals surface area contributed by atoms with Crippen molar-refractivity contribution in [1.82, 2.24) is 0 Å². The van der Waals surface area contributed by atoms with E-state index in [0.29, 0.717) is 18.7 Å². The highest BCUT2D eigenvalue weighted by molar-refractivity contribution is 7.93. The van der Waals surface area contributed by atoms with Gasteiger partial charge in [-0.25, -0.2) is 8.42 Å². The van der Waals surface area contributed by atoms with Crippen molar-refractivity contribution >= 4 is 15.7 Å². The van der Waals surface area contributed by atoms with Crippen molar-refractivity contribution in [3.63, 3.8) is 0 Å². The number of nitrogens with zero attached hydrogens (tertiary/aromatic N) is 1. The van der Waals surface area contributed by atoms with Crippen molar-refractivity contribution in [3.05, 3.63) is 24.3 Å². The van der Waals surface area contributed by atoms with Gasteiger partial charge in [0.25, 0.3) is 0 Å². The fourth-order valence-corrected chi connectivity index (χ4v) is 3.98. The second kappa shape index (κ2) is 5.38. The van der Waals surface area contributed by atoms with E-state index < -0.39 is 15.3 Å². The van der Waals surface area contributed by atoms with Crippen molar-refractivity contribution < 1.29 is 13.2 Å². The van der Waals surface area contributed by atoms with Crippen LogP contribution in [0.1, 0.15) is 20.3 Å². The third-order valence-electron chi connectivity index (χ3n) is 3.14. The van der Waals surface area contributed by atoms with E-state index in [1.54, 1.807) is 24.3 Å². The molecule has 0 radical (unpaired) electrons. The van der Waals surface area contributed by atoms with Crippen molar-refractivity contribution in [2.75, 3.05) is 17.4 Å². The first-order chi connectivity index (χ1) is 8.95. The summed E-state index contributed by atoms with van der Waals surface area (Å²) in [6.45, 7) is 4.57. The van der Waals surface area contributed by atoms with Gasteiger partial charge in [0.1, 0.15) is 5.75 Å². The molecule has 0 amide bonds. The van der Waals surface area contributed by atoms with Crippen LogP contribution < -0.4 is 14.8 Å². The smallest absolute Gasteiger partial charge is 0.239 e. The molecule has 0 aromatic heterocycles. The Labute approximate surface area is 114 Å². The van der Waals surface area contributed by atoms with Gasteiger partial charge in [0.15, 0.2) is 0 Å². The molecule has 106 valence electrons. The largest absolute Gasteiger partial charge is 0.491 e. The summed E-state index contributed by atoms with van der Waals surface area (Å²) >= 11 is 0. The van der Waals surface area contributed by atoms with Crippen LogP contribution in [-0.2, 0) is 10.0 Å². The van der Waals surface area contributed by atoms with Gasteiger partial charge in [0, 0.05) is 13.1 Å². The number of anilines is 1. The average molecular weight is 284 g/mol. The summed E-state index contributed by atoms with van der Waals surface area (Å²) in [5, 5.41) is -0.459. The molecule has 1 saturated heterocycles. The lowest BCUT2D eigenvalue weighted by atomic mass is 10.2. The normalized spacial score (nSPS) is 21.9. The Morgan fingerprint density at radius 3 is 2.47 bits per heavy atom. The van der Waals surface area contributed by atoms with E-state index in [0.717, 1.165) is 5.75 Å². The van der Waals surface area contributed by atoms with E-state index >= 15 is 0 Å². The van der Waals surface area contributed by atoms with Gasteiger partial charge in [-0.1, -0.05) is 0 Å². The lowest BCUT2D eigenvalue weighted by Gasteiger charge is -2.19. The number of benzene rings is 1. The molecule has 1 aliphatic rings. The summed E-state index contributed by atoms with van der Waals surface area (Å²) in [5.41, 5.74) is 6.18. The maximum absolute atomic E-state index is 12.2. The summed E-state index contributed by atoms with van der Waals surface area (Å²) in [6, 6.07) is 7.13. The highest BCUT2D eigenvalue weighted by Crippen LogP contribution is 2.29. The minimum atomic E-state index is -3.30. The Morgan fingerprint density at radius 2 is 2.00 bits per heavy atom.